The second-order valence-corrected chi connectivity index (χ2v) is 6.39. The monoisotopic (exact) mass is 316 g/mol. The van der Waals surface area contributed by atoms with Gasteiger partial charge < -0.3 is 10.6 Å². The SMILES string of the molecule is O=C(NCCCc1nc(-c2ccncc2)cs1)C1CCNC1. The van der Waals surface area contributed by atoms with Gasteiger partial charge in [0.1, 0.15) is 0 Å². The third kappa shape index (κ3) is 3.90. The zero-order valence-electron chi connectivity index (χ0n) is 12.4. The lowest BCUT2D eigenvalue weighted by atomic mass is 10.1. The van der Waals surface area contributed by atoms with E-state index in [9.17, 15) is 4.79 Å². The van der Waals surface area contributed by atoms with Gasteiger partial charge >= 0.3 is 0 Å². The fourth-order valence-corrected chi connectivity index (χ4v) is 3.40. The fourth-order valence-electron chi connectivity index (χ4n) is 2.55. The van der Waals surface area contributed by atoms with Crippen LogP contribution >= 0.6 is 11.3 Å². The minimum atomic E-state index is 0.151. The summed E-state index contributed by atoms with van der Waals surface area (Å²) in [6, 6.07) is 3.93. The third-order valence-electron chi connectivity index (χ3n) is 3.83. The molecule has 0 bridgehead atoms. The molecule has 0 aliphatic carbocycles. The maximum atomic E-state index is 11.9. The number of nitrogens with zero attached hydrogens (tertiary/aromatic N) is 2. The largest absolute Gasteiger partial charge is 0.356 e. The molecule has 6 heteroatoms. The van der Waals surface area contributed by atoms with Crippen LogP contribution in [0.15, 0.2) is 29.9 Å². The van der Waals surface area contributed by atoms with Gasteiger partial charge in [0.05, 0.1) is 16.6 Å². The molecule has 3 rings (SSSR count). The number of thiazole rings is 1. The second kappa shape index (κ2) is 7.47. The Morgan fingerprint density at radius 3 is 3.05 bits per heavy atom. The molecule has 5 nitrogen and oxygen atoms in total. The first-order chi connectivity index (χ1) is 10.8. The molecule has 1 aliphatic heterocycles. The molecule has 2 aromatic heterocycles. The summed E-state index contributed by atoms with van der Waals surface area (Å²) in [5, 5.41) is 9.43. The van der Waals surface area contributed by atoms with Gasteiger partial charge in [-0.15, -0.1) is 11.3 Å². The minimum absolute atomic E-state index is 0.151. The van der Waals surface area contributed by atoms with E-state index in [0.29, 0.717) is 0 Å². The zero-order valence-corrected chi connectivity index (χ0v) is 13.2. The number of carbonyl (C=O) groups excluding carboxylic acids is 1. The summed E-state index contributed by atoms with van der Waals surface area (Å²) in [6.07, 6.45) is 6.34. The van der Waals surface area contributed by atoms with Crippen LogP contribution < -0.4 is 10.6 Å². The van der Waals surface area contributed by atoms with Gasteiger partial charge in [-0.1, -0.05) is 0 Å². The lowest BCUT2D eigenvalue weighted by Gasteiger charge is -2.09. The van der Waals surface area contributed by atoms with Crippen molar-refractivity contribution < 1.29 is 4.79 Å². The van der Waals surface area contributed by atoms with Crippen molar-refractivity contribution in [3.05, 3.63) is 34.9 Å². The molecule has 1 amide bonds. The molecule has 116 valence electrons. The van der Waals surface area contributed by atoms with E-state index in [1.807, 2.05) is 12.1 Å². The molecule has 0 aromatic carbocycles. The van der Waals surface area contributed by atoms with Crippen molar-refractivity contribution in [3.63, 3.8) is 0 Å². The number of hydrogen-bond acceptors (Lipinski definition) is 5. The molecule has 0 saturated carbocycles. The first kappa shape index (κ1) is 15.1. The Hall–Kier alpha value is -1.79. The summed E-state index contributed by atoms with van der Waals surface area (Å²) in [7, 11) is 0. The zero-order chi connectivity index (χ0) is 15.2. The Morgan fingerprint density at radius 2 is 2.27 bits per heavy atom. The van der Waals surface area contributed by atoms with Gasteiger partial charge in [-0.05, 0) is 31.5 Å². The highest BCUT2D eigenvalue weighted by Gasteiger charge is 2.21. The number of aryl methyl sites for hydroxylation is 1. The van der Waals surface area contributed by atoms with E-state index in [2.05, 4.69) is 26.0 Å². The van der Waals surface area contributed by atoms with Crippen LogP contribution in [0.4, 0.5) is 0 Å². The highest BCUT2D eigenvalue weighted by Crippen LogP contribution is 2.21. The number of amides is 1. The average molecular weight is 316 g/mol. The van der Waals surface area contributed by atoms with Crippen molar-refractivity contribution in [1.82, 2.24) is 20.6 Å². The topological polar surface area (TPSA) is 66.9 Å². The molecule has 0 spiro atoms. The second-order valence-electron chi connectivity index (χ2n) is 5.45. The van der Waals surface area contributed by atoms with Crippen molar-refractivity contribution >= 4 is 17.2 Å². The average Bonchev–Trinajstić information content (AvgIpc) is 3.24. The van der Waals surface area contributed by atoms with Crippen LogP contribution in [0, 0.1) is 5.92 Å². The molecule has 0 radical (unpaired) electrons. The molecule has 1 saturated heterocycles. The lowest BCUT2D eigenvalue weighted by Crippen LogP contribution is -2.32. The maximum absolute atomic E-state index is 11.9. The Labute approximate surface area is 134 Å². The summed E-state index contributed by atoms with van der Waals surface area (Å²) in [4.78, 5) is 20.5. The molecule has 1 atom stereocenters. The molecule has 3 heterocycles. The summed E-state index contributed by atoms with van der Waals surface area (Å²) in [6.45, 7) is 2.49. The van der Waals surface area contributed by atoms with E-state index in [4.69, 9.17) is 0 Å². The smallest absolute Gasteiger partial charge is 0.224 e. The van der Waals surface area contributed by atoms with Crippen LogP contribution in [0.2, 0.25) is 0 Å². The van der Waals surface area contributed by atoms with Crippen LogP contribution in [-0.4, -0.2) is 35.5 Å². The van der Waals surface area contributed by atoms with Crippen LogP contribution in [0.3, 0.4) is 0 Å². The molecule has 1 fully saturated rings. The normalized spacial score (nSPS) is 17.5. The van der Waals surface area contributed by atoms with Crippen LogP contribution in [0.1, 0.15) is 17.8 Å². The van der Waals surface area contributed by atoms with E-state index in [1.54, 1.807) is 23.7 Å². The summed E-state index contributed by atoms with van der Waals surface area (Å²) in [5.74, 6) is 0.333. The number of carbonyl (C=O) groups is 1. The first-order valence-corrected chi connectivity index (χ1v) is 8.54. The molecule has 2 N–H and O–H groups in total. The van der Waals surface area contributed by atoms with Gasteiger partial charge in [0.15, 0.2) is 0 Å². The van der Waals surface area contributed by atoms with Gasteiger partial charge in [-0.2, -0.15) is 0 Å². The molecule has 22 heavy (non-hydrogen) atoms. The molecule has 1 unspecified atom stereocenters. The summed E-state index contributed by atoms with van der Waals surface area (Å²) in [5.41, 5.74) is 2.10. The van der Waals surface area contributed by atoms with Crippen molar-refractivity contribution in [3.8, 4) is 11.3 Å². The van der Waals surface area contributed by atoms with E-state index in [1.165, 1.54) is 0 Å². The summed E-state index contributed by atoms with van der Waals surface area (Å²) < 4.78 is 0. The number of pyridine rings is 1. The number of hydrogen-bond donors (Lipinski definition) is 2. The van der Waals surface area contributed by atoms with Gasteiger partial charge in [0, 0.05) is 42.8 Å². The molecular weight excluding hydrogens is 296 g/mol. The van der Waals surface area contributed by atoms with E-state index >= 15 is 0 Å². The number of nitrogens with one attached hydrogen (secondary N) is 2. The van der Waals surface area contributed by atoms with E-state index < -0.39 is 0 Å². The van der Waals surface area contributed by atoms with E-state index in [-0.39, 0.29) is 11.8 Å². The predicted octanol–water partition coefficient (Wildman–Crippen LogP) is 1.86. The molecule has 2 aromatic rings. The number of rotatable bonds is 6. The van der Waals surface area contributed by atoms with Gasteiger partial charge in [-0.3, -0.25) is 9.78 Å². The third-order valence-corrected chi connectivity index (χ3v) is 4.73. The Bertz CT molecular complexity index is 608. The molecule has 1 aliphatic rings. The Balaban J connectivity index is 1.42. The highest BCUT2D eigenvalue weighted by molar-refractivity contribution is 7.09. The van der Waals surface area contributed by atoms with Crippen molar-refractivity contribution in [2.45, 2.75) is 19.3 Å². The lowest BCUT2D eigenvalue weighted by molar-refractivity contribution is -0.124. The summed E-state index contributed by atoms with van der Waals surface area (Å²) >= 11 is 1.67. The van der Waals surface area contributed by atoms with Gasteiger partial charge in [0.2, 0.25) is 5.91 Å². The minimum Gasteiger partial charge on any atom is -0.356 e. The maximum Gasteiger partial charge on any atom is 0.224 e. The van der Waals surface area contributed by atoms with Crippen LogP contribution in [0.25, 0.3) is 11.3 Å². The fraction of sp³-hybridized carbons (Fsp3) is 0.438. The first-order valence-electron chi connectivity index (χ1n) is 7.66. The van der Waals surface area contributed by atoms with Crippen LogP contribution in [-0.2, 0) is 11.2 Å². The Kier molecular flexibility index (Phi) is 5.13. The standard InChI is InChI=1S/C16H20N4OS/c21-16(13-5-9-18-10-13)19-6-1-2-15-20-14(11-22-15)12-3-7-17-8-4-12/h3-4,7-8,11,13,18H,1-2,5-6,9-10H2,(H,19,21). The van der Waals surface area contributed by atoms with Crippen molar-refractivity contribution in [1.29, 1.82) is 0 Å². The van der Waals surface area contributed by atoms with Gasteiger partial charge in [-0.25, -0.2) is 4.98 Å². The van der Waals surface area contributed by atoms with Crippen LogP contribution in [0.5, 0.6) is 0 Å². The predicted molar refractivity (Wildman–Crippen MR) is 87.7 cm³/mol. The Morgan fingerprint density at radius 1 is 1.41 bits per heavy atom. The van der Waals surface area contributed by atoms with Crippen molar-refractivity contribution in [2.75, 3.05) is 19.6 Å². The highest BCUT2D eigenvalue weighted by atomic mass is 32.1. The molecular formula is C16H20N4OS. The van der Waals surface area contributed by atoms with Gasteiger partial charge in [0.25, 0.3) is 0 Å². The van der Waals surface area contributed by atoms with Crippen molar-refractivity contribution in [2.24, 2.45) is 5.92 Å². The number of aromatic nitrogens is 2. The quantitative estimate of drug-likeness (QED) is 0.798. The van der Waals surface area contributed by atoms with E-state index in [0.717, 1.165) is 55.2 Å².